The Morgan fingerprint density at radius 3 is 2.10 bits per heavy atom. The van der Waals surface area contributed by atoms with Crippen molar-refractivity contribution in [3.8, 4) is 0 Å². The number of aryl methyl sites for hydroxylation is 1. The van der Waals surface area contributed by atoms with E-state index in [4.69, 9.17) is 0 Å². The van der Waals surface area contributed by atoms with Crippen molar-refractivity contribution in [2.24, 2.45) is 0 Å². The van der Waals surface area contributed by atoms with Crippen LogP contribution in [0.4, 0.5) is 5.69 Å². The Bertz CT molecular complexity index is 1250. The van der Waals surface area contributed by atoms with Gasteiger partial charge < -0.3 is 5.11 Å². The molecule has 1 N–H and O–H groups in total. The Labute approximate surface area is 186 Å². The summed E-state index contributed by atoms with van der Waals surface area (Å²) in [5.74, 6) is -1.49. The molecule has 1 aliphatic heterocycles. The van der Waals surface area contributed by atoms with Crippen molar-refractivity contribution >= 4 is 33.2 Å². The number of sulfone groups is 1. The third kappa shape index (κ3) is 3.75. The highest BCUT2D eigenvalue weighted by Crippen LogP contribution is 2.44. The van der Waals surface area contributed by atoms with E-state index in [1.807, 2.05) is 31.4 Å². The van der Waals surface area contributed by atoms with E-state index in [0.717, 1.165) is 10.5 Å². The van der Waals surface area contributed by atoms with Gasteiger partial charge in [-0.2, -0.15) is 0 Å². The molecule has 0 saturated heterocycles. The van der Waals surface area contributed by atoms with Gasteiger partial charge in [0.05, 0.1) is 4.90 Å². The summed E-state index contributed by atoms with van der Waals surface area (Å²) in [5, 5.41) is 10.8. The Morgan fingerprint density at radius 1 is 0.903 bits per heavy atom. The van der Waals surface area contributed by atoms with Crippen molar-refractivity contribution in [1.29, 1.82) is 0 Å². The fourth-order valence-corrected chi connectivity index (χ4v) is 5.68. The number of nitrogens with zero attached hydrogens (tertiary/aromatic N) is 1. The van der Waals surface area contributed by atoms with Gasteiger partial charge >= 0.3 is 0 Å². The predicted molar refractivity (Wildman–Crippen MR) is 123 cm³/mol. The van der Waals surface area contributed by atoms with Crippen LogP contribution < -0.4 is 4.90 Å². The van der Waals surface area contributed by atoms with Crippen LogP contribution in [0.5, 0.6) is 0 Å². The lowest BCUT2D eigenvalue weighted by molar-refractivity contribution is -0.117. The van der Waals surface area contributed by atoms with Gasteiger partial charge in [0.2, 0.25) is 9.84 Å². The van der Waals surface area contributed by atoms with E-state index >= 15 is 0 Å². The van der Waals surface area contributed by atoms with E-state index in [1.54, 1.807) is 60.3 Å². The first-order chi connectivity index (χ1) is 14.8. The number of rotatable bonds is 5. The average molecular weight is 452 g/mol. The molecule has 0 aliphatic carbocycles. The van der Waals surface area contributed by atoms with Gasteiger partial charge in [-0.15, -0.1) is 11.8 Å². The number of anilines is 1. The first-order valence-electron chi connectivity index (χ1n) is 9.62. The fourth-order valence-electron chi connectivity index (χ4n) is 3.64. The summed E-state index contributed by atoms with van der Waals surface area (Å²) in [6.07, 6.45) is 1.95. The highest BCUT2D eigenvalue weighted by molar-refractivity contribution is 7.98. The number of aliphatic hydroxyl groups excluding tert-OH is 1. The summed E-state index contributed by atoms with van der Waals surface area (Å²) in [6, 6.07) is 21.5. The van der Waals surface area contributed by atoms with Crippen molar-refractivity contribution in [3.05, 3.63) is 101 Å². The molecule has 1 heterocycles. The van der Waals surface area contributed by atoms with Crippen molar-refractivity contribution in [2.45, 2.75) is 22.8 Å². The van der Waals surface area contributed by atoms with E-state index in [1.165, 1.54) is 17.0 Å². The van der Waals surface area contributed by atoms with Gasteiger partial charge in [0.25, 0.3) is 5.91 Å². The minimum atomic E-state index is -4.13. The molecule has 1 amide bonds. The van der Waals surface area contributed by atoms with Crippen LogP contribution in [0.15, 0.2) is 99.3 Å². The molecule has 7 heteroatoms. The molecule has 0 bridgehead atoms. The number of carbonyl (C=O) groups excluding carboxylic acids is 1. The molecule has 0 saturated carbocycles. The summed E-state index contributed by atoms with van der Waals surface area (Å²) in [5.41, 5.74) is 2.02. The maximum atomic E-state index is 13.6. The molecule has 3 aromatic rings. The molecule has 31 heavy (non-hydrogen) atoms. The highest BCUT2D eigenvalue weighted by atomic mass is 32.2. The van der Waals surface area contributed by atoms with Crippen LogP contribution in [-0.4, -0.2) is 25.7 Å². The van der Waals surface area contributed by atoms with E-state index in [-0.39, 0.29) is 9.80 Å². The number of para-hydroxylation sites is 1. The van der Waals surface area contributed by atoms with Gasteiger partial charge in [-0.1, -0.05) is 48.0 Å². The van der Waals surface area contributed by atoms with Crippen LogP contribution in [0, 0.1) is 6.92 Å². The zero-order valence-electron chi connectivity index (χ0n) is 17.0. The van der Waals surface area contributed by atoms with Gasteiger partial charge in [0.15, 0.2) is 5.76 Å². The molecule has 0 fully saturated rings. The van der Waals surface area contributed by atoms with Crippen molar-refractivity contribution in [3.63, 3.8) is 0 Å². The molecule has 1 atom stereocenters. The van der Waals surface area contributed by atoms with E-state index in [2.05, 4.69) is 0 Å². The molecule has 0 radical (unpaired) electrons. The normalized spacial score (nSPS) is 16.8. The number of thioether (sulfide) groups is 1. The first kappa shape index (κ1) is 21.2. The Balaban J connectivity index is 1.92. The van der Waals surface area contributed by atoms with E-state index in [9.17, 15) is 18.3 Å². The van der Waals surface area contributed by atoms with Crippen LogP contribution in [0.2, 0.25) is 0 Å². The average Bonchev–Trinajstić information content (AvgIpc) is 3.06. The van der Waals surface area contributed by atoms with E-state index < -0.39 is 27.5 Å². The molecule has 4 rings (SSSR count). The quantitative estimate of drug-likeness (QED) is 0.550. The largest absolute Gasteiger partial charge is 0.502 e. The topological polar surface area (TPSA) is 74.7 Å². The second kappa shape index (κ2) is 8.24. The lowest BCUT2D eigenvalue weighted by Crippen LogP contribution is -2.31. The maximum absolute atomic E-state index is 13.6. The molecule has 5 nitrogen and oxygen atoms in total. The maximum Gasteiger partial charge on any atom is 0.295 e. The molecular formula is C24H21NO4S2. The Kier molecular flexibility index (Phi) is 5.64. The molecule has 3 aromatic carbocycles. The summed E-state index contributed by atoms with van der Waals surface area (Å²) in [4.78, 5) is 15.2. The lowest BCUT2D eigenvalue weighted by Gasteiger charge is -2.27. The second-order valence-corrected chi connectivity index (χ2v) is 10.0. The number of benzene rings is 3. The Hall–Kier alpha value is -3.03. The van der Waals surface area contributed by atoms with Gasteiger partial charge in [-0.25, -0.2) is 8.42 Å². The standard InChI is InChI=1S/C24H21NO4S2/c1-16-8-14-20(15-9-16)31(28,29)23-21(17-10-12-19(30-2)13-11-17)25(24(27)22(23)26)18-6-4-3-5-7-18/h3-15,21,26H,1-2H3/t21-/m1/s1. The van der Waals surface area contributed by atoms with Crippen molar-refractivity contribution in [2.75, 3.05) is 11.2 Å². The van der Waals surface area contributed by atoms with Gasteiger partial charge in [-0.05, 0) is 55.1 Å². The predicted octanol–water partition coefficient (Wildman–Crippen LogP) is 5.05. The number of carbonyl (C=O) groups is 1. The van der Waals surface area contributed by atoms with Gasteiger partial charge in [0, 0.05) is 10.6 Å². The van der Waals surface area contributed by atoms with Crippen LogP contribution in [0.1, 0.15) is 17.2 Å². The number of hydrogen-bond acceptors (Lipinski definition) is 5. The highest BCUT2D eigenvalue weighted by Gasteiger charge is 2.47. The van der Waals surface area contributed by atoms with Gasteiger partial charge in [0.1, 0.15) is 10.9 Å². The SMILES string of the molecule is CSc1ccc([C@@H]2C(S(=O)(=O)c3ccc(C)cc3)=C(O)C(=O)N2c2ccccc2)cc1. The number of aliphatic hydroxyl groups is 1. The number of amides is 1. The Morgan fingerprint density at radius 2 is 1.52 bits per heavy atom. The zero-order valence-corrected chi connectivity index (χ0v) is 18.7. The smallest absolute Gasteiger partial charge is 0.295 e. The molecular weight excluding hydrogens is 430 g/mol. The van der Waals surface area contributed by atoms with Crippen molar-refractivity contribution < 1.29 is 18.3 Å². The fraction of sp³-hybridized carbons (Fsp3) is 0.125. The molecule has 0 spiro atoms. The van der Waals surface area contributed by atoms with Crippen LogP contribution in [-0.2, 0) is 14.6 Å². The first-order valence-corrected chi connectivity index (χ1v) is 12.3. The molecule has 0 aromatic heterocycles. The minimum absolute atomic E-state index is 0.0353. The number of hydrogen-bond donors (Lipinski definition) is 1. The summed E-state index contributed by atoms with van der Waals surface area (Å²) >= 11 is 1.56. The monoisotopic (exact) mass is 451 g/mol. The second-order valence-electron chi connectivity index (χ2n) is 7.22. The van der Waals surface area contributed by atoms with Crippen molar-refractivity contribution in [1.82, 2.24) is 0 Å². The van der Waals surface area contributed by atoms with Gasteiger partial charge in [-0.3, -0.25) is 9.69 Å². The zero-order chi connectivity index (χ0) is 22.2. The third-order valence-electron chi connectivity index (χ3n) is 5.25. The van der Waals surface area contributed by atoms with E-state index in [0.29, 0.717) is 11.3 Å². The summed E-state index contributed by atoms with van der Waals surface area (Å²) in [6.45, 7) is 1.86. The van der Waals surface area contributed by atoms with Crippen LogP contribution in [0.3, 0.4) is 0 Å². The minimum Gasteiger partial charge on any atom is -0.502 e. The molecule has 1 aliphatic rings. The summed E-state index contributed by atoms with van der Waals surface area (Å²) in [7, 11) is -4.13. The lowest BCUT2D eigenvalue weighted by atomic mass is 10.1. The molecule has 0 unspecified atom stereocenters. The van der Waals surface area contributed by atoms with Crippen LogP contribution >= 0.6 is 11.8 Å². The van der Waals surface area contributed by atoms with Crippen LogP contribution in [0.25, 0.3) is 0 Å². The third-order valence-corrected chi connectivity index (χ3v) is 7.88. The summed E-state index contributed by atoms with van der Waals surface area (Å²) < 4.78 is 27.2. The molecule has 158 valence electrons.